The maximum Gasteiger partial charge on any atom is 0.457 e. The van der Waals surface area contributed by atoms with E-state index in [1.54, 1.807) is 0 Å². The zero-order valence-electron chi connectivity index (χ0n) is 20.6. The van der Waals surface area contributed by atoms with Gasteiger partial charge in [0.2, 0.25) is 5.91 Å². The topological polar surface area (TPSA) is 50.8 Å². The van der Waals surface area contributed by atoms with Gasteiger partial charge in [0.15, 0.2) is 0 Å². The van der Waals surface area contributed by atoms with Gasteiger partial charge in [0.05, 0.1) is 16.6 Å². The van der Waals surface area contributed by atoms with Gasteiger partial charge in [0.25, 0.3) is 0 Å². The lowest BCUT2D eigenvalue weighted by Gasteiger charge is -2.45. The van der Waals surface area contributed by atoms with Gasteiger partial charge < -0.3 is 19.5 Å². The van der Waals surface area contributed by atoms with Gasteiger partial charge in [-0.2, -0.15) is 0 Å². The number of amides is 1. The molecule has 0 aromatic rings. The molecule has 1 aliphatic carbocycles. The molecule has 2 rings (SSSR count). The van der Waals surface area contributed by atoms with Crippen LogP contribution in [0.2, 0.25) is 6.32 Å². The SMILES string of the molecule is CN(C)C[C@@H]1CC[C@@H](CCB2OC(C)(C)C(C)(C)O2)C[C@]1(C)C(=O)NC(C)(C)C. The minimum Gasteiger partial charge on any atom is -0.403 e. The summed E-state index contributed by atoms with van der Waals surface area (Å²) < 4.78 is 12.4. The number of carbonyl (C=O) groups is 1. The number of hydrogen-bond donors (Lipinski definition) is 1. The van der Waals surface area contributed by atoms with Gasteiger partial charge in [0.1, 0.15) is 0 Å². The molecule has 1 N–H and O–H groups in total. The van der Waals surface area contributed by atoms with Crippen LogP contribution in [0.5, 0.6) is 0 Å². The fourth-order valence-corrected chi connectivity index (χ4v) is 4.82. The first-order valence-electron chi connectivity index (χ1n) is 11.4. The summed E-state index contributed by atoms with van der Waals surface area (Å²) in [5.41, 5.74) is -1.10. The number of nitrogens with one attached hydrogen (secondary N) is 1. The summed E-state index contributed by atoms with van der Waals surface area (Å²) >= 11 is 0. The molecule has 1 saturated carbocycles. The molecule has 0 aromatic carbocycles. The van der Waals surface area contributed by atoms with Gasteiger partial charge >= 0.3 is 7.12 Å². The van der Waals surface area contributed by atoms with Crippen molar-refractivity contribution < 1.29 is 14.1 Å². The van der Waals surface area contributed by atoms with Crippen molar-refractivity contribution in [3.05, 3.63) is 0 Å². The largest absolute Gasteiger partial charge is 0.457 e. The molecule has 3 atom stereocenters. The molecule has 6 heteroatoms. The number of nitrogens with zero attached hydrogens (tertiary/aromatic N) is 1. The third-order valence-corrected chi connectivity index (χ3v) is 7.24. The summed E-state index contributed by atoms with van der Waals surface area (Å²) in [7, 11) is 4.06. The van der Waals surface area contributed by atoms with Crippen LogP contribution in [0.3, 0.4) is 0 Å². The molecule has 1 saturated heterocycles. The van der Waals surface area contributed by atoms with E-state index in [9.17, 15) is 4.79 Å². The third-order valence-electron chi connectivity index (χ3n) is 7.24. The van der Waals surface area contributed by atoms with Gasteiger partial charge in [-0.15, -0.1) is 0 Å². The molecular formula is C23H45BN2O3. The lowest BCUT2D eigenvalue weighted by Crippen LogP contribution is -2.54. The van der Waals surface area contributed by atoms with E-state index in [0.717, 1.165) is 32.1 Å². The van der Waals surface area contributed by atoms with Crippen molar-refractivity contribution in [2.75, 3.05) is 20.6 Å². The van der Waals surface area contributed by atoms with Gasteiger partial charge in [-0.05, 0) is 93.6 Å². The van der Waals surface area contributed by atoms with Crippen molar-refractivity contribution >= 4 is 13.0 Å². The van der Waals surface area contributed by atoms with Crippen LogP contribution >= 0.6 is 0 Å². The second-order valence-electron chi connectivity index (χ2n) is 12.0. The van der Waals surface area contributed by atoms with Crippen LogP contribution in [0.4, 0.5) is 0 Å². The summed E-state index contributed by atoms with van der Waals surface area (Å²) in [5, 5.41) is 3.27. The van der Waals surface area contributed by atoms with Crippen molar-refractivity contribution in [1.29, 1.82) is 0 Å². The average molecular weight is 408 g/mol. The number of rotatable bonds is 6. The Bertz CT molecular complexity index is 569. The summed E-state index contributed by atoms with van der Waals surface area (Å²) in [6.07, 6.45) is 5.15. The molecule has 1 aliphatic heterocycles. The van der Waals surface area contributed by atoms with E-state index < -0.39 is 0 Å². The normalized spacial score (nSPS) is 31.9. The van der Waals surface area contributed by atoms with Crippen molar-refractivity contribution in [2.45, 2.75) is 104 Å². The maximum atomic E-state index is 13.3. The Labute approximate surface area is 179 Å². The van der Waals surface area contributed by atoms with Crippen LogP contribution in [0, 0.1) is 17.3 Å². The second kappa shape index (κ2) is 8.51. The summed E-state index contributed by atoms with van der Waals surface area (Å²) in [4.78, 5) is 15.5. The van der Waals surface area contributed by atoms with E-state index in [4.69, 9.17) is 9.31 Å². The summed E-state index contributed by atoms with van der Waals surface area (Å²) in [6.45, 7) is 17.7. The van der Waals surface area contributed by atoms with Crippen LogP contribution in [0.1, 0.15) is 81.1 Å². The number of carbonyl (C=O) groups excluding carboxylic acids is 1. The van der Waals surface area contributed by atoms with Gasteiger partial charge in [-0.25, -0.2) is 0 Å². The van der Waals surface area contributed by atoms with E-state index >= 15 is 0 Å². The highest BCUT2D eigenvalue weighted by Gasteiger charge is 2.51. The highest BCUT2D eigenvalue weighted by Crippen LogP contribution is 2.47. The molecule has 5 nitrogen and oxygen atoms in total. The molecule has 2 aliphatic rings. The van der Waals surface area contributed by atoms with Crippen molar-refractivity contribution in [1.82, 2.24) is 10.2 Å². The summed E-state index contributed by atoms with van der Waals surface area (Å²) in [5.74, 6) is 1.12. The minimum absolute atomic E-state index is 0.144. The monoisotopic (exact) mass is 408 g/mol. The molecule has 0 bridgehead atoms. The first-order valence-corrected chi connectivity index (χ1v) is 11.4. The highest BCUT2D eigenvalue weighted by atomic mass is 16.7. The molecule has 1 heterocycles. The van der Waals surface area contributed by atoms with E-state index in [-0.39, 0.29) is 35.2 Å². The van der Waals surface area contributed by atoms with Crippen molar-refractivity contribution in [2.24, 2.45) is 17.3 Å². The third kappa shape index (κ3) is 5.98. The lowest BCUT2D eigenvalue weighted by atomic mass is 9.61. The number of hydrogen-bond acceptors (Lipinski definition) is 4. The minimum atomic E-state index is -0.337. The molecule has 0 unspecified atom stereocenters. The zero-order valence-corrected chi connectivity index (χ0v) is 20.6. The molecule has 168 valence electrons. The smallest absolute Gasteiger partial charge is 0.403 e. The maximum absolute atomic E-state index is 13.3. The highest BCUT2D eigenvalue weighted by molar-refractivity contribution is 6.45. The second-order valence-corrected chi connectivity index (χ2v) is 12.0. The summed E-state index contributed by atoms with van der Waals surface area (Å²) in [6, 6.07) is 0. The first-order chi connectivity index (χ1) is 13.1. The zero-order chi connectivity index (χ0) is 22.3. The van der Waals surface area contributed by atoms with Crippen LogP contribution in [-0.4, -0.2) is 55.3 Å². The first kappa shape index (κ1) is 24.7. The van der Waals surface area contributed by atoms with Gasteiger partial charge in [0, 0.05) is 12.1 Å². The predicted molar refractivity (Wildman–Crippen MR) is 121 cm³/mol. The van der Waals surface area contributed by atoms with E-state index in [1.807, 2.05) is 0 Å². The molecule has 0 spiro atoms. The van der Waals surface area contributed by atoms with E-state index in [1.165, 1.54) is 6.42 Å². The van der Waals surface area contributed by atoms with Crippen molar-refractivity contribution in [3.63, 3.8) is 0 Å². The fourth-order valence-electron chi connectivity index (χ4n) is 4.82. The Balaban J connectivity index is 2.04. The molecule has 0 radical (unpaired) electrons. The van der Waals surface area contributed by atoms with Crippen LogP contribution in [0.25, 0.3) is 0 Å². The van der Waals surface area contributed by atoms with Gasteiger partial charge in [-0.1, -0.05) is 19.8 Å². The Kier molecular flexibility index (Phi) is 7.24. The molecule has 1 amide bonds. The Morgan fingerprint density at radius 1 is 1.07 bits per heavy atom. The molecule has 29 heavy (non-hydrogen) atoms. The van der Waals surface area contributed by atoms with Gasteiger partial charge in [-0.3, -0.25) is 4.79 Å². The Hall–Kier alpha value is -0.585. The van der Waals surface area contributed by atoms with Crippen LogP contribution in [-0.2, 0) is 14.1 Å². The molecular weight excluding hydrogens is 363 g/mol. The standard InChI is InChI=1S/C23H45BN2O3/c1-20(2,3)25-19(27)23(8)15-17(11-12-18(23)16-26(9)10)13-14-24-28-21(4,5)22(6,7)29-24/h17-18H,11-16H2,1-10H3,(H,25,27)/t17-,18-,23-/m0/s1. The van der Waals surface area contributed by atoms with E-state index in [0.29, 0.717) is 11.8 Å². The van der Waals surface area contributed by atoms with E-state index in [2.05, 4.69) is 79.7 Å². The fraction of sp³-hybridized carbons (Fsp3) is 0.957. The Morgan fingerprint density at radius 2 is 1.62 bits per heavy atom. The molecule has 2 fully saturated rings. The molecule has 0 aromatic heterocycles. The van der Waals surface area contributed by atoms with Crippen LogP contribution < -0.4 is 5.32 Å². The Morgan fingerprint density at radius 3 is 2.10 bits per heavy atom. The van der Waals surface area contributed by atoms with Crippen molar-refractivity contribution in [3.8, 4) is 0 Å². The quantitative estimate of drug-likeness (QED) is 0.664. The van der Waals surface area contributed by atoms with Crippen LogP contribution in [0.15, 0.2) is 0 Å². The lowest BCUT2D eigenvalue weighted by molar-refractivity contribution is -0.138. The average Bonchev–Trinajstić information content (AvgIpc) is 2.73. The predicted octanol–water partition coefficient (Wildman–Crippen LogP) is 4.37.